The Morgan fingerprint density at radius 3 is 3.14 bits per heavy atom. The van der Waals surface area contributed by atoms with Gasteiger partial charge in [-0.3, -0.25) is 4.79 Å². The SMILES string of the molecule is O=C(O)Cc1ccc2c(c1)CCCO2. The number of rotatable bonds is 2. The smallest absolute Gasteiger partial charge is 0.307 e. The van der Waals surface area contributed by atoms with Gasteiger partial charge in [0.2, 0.25) is 0 Å². The van der Waals surface area contributed by atoms with Crippen molar-refractivity contribution in [2.45, 2.75) is 19.3 Å². The molecule has 14 heavy (non-hydrogen) atoms. The predicted octanol–water partition coefficient (Wildman–Crippen LogP) is 1.64. The van der Waals surface area contributed by atoms with Crippen molar-refractivity contribution in [3.05, 3.63) is 29.3 Å². The highest BCUT2D eigenvalue weighted by molar-refractivity contribution is 5.70. The van der Waals surface area contributed by atoms with Crippen LogP contribution in [0.5, 0.6) is 5.75 Å². The molecule has 0 unspecified atom stereocenters. The number of benzene rings is 1. The molecule has 1 aliphatic rings. The Labute approximate surface area is 82.3 Å². The first kappa shape index (κ1) is 9.06. The van der Waals surface area contributed by atoms with E-state index < -0.39 is 5.97 Å². The number of aliphatic carboxylic acids is 1. The van der Waals surface area contributed by atoms with Gasteiger partial charge in [0.25, 0.3) is 0 Å². The van der Waals surface area contributed by atoms with Crippen LogP contribution < -0.4 is 4.74 Å². The third-order valence-electron chi connectivity index (χ3n) is 2.33. The highest BCUT2D eigenvalue weighted by Gasteiger charge is 2.11. The Balaban J connectivity index is 2.24. The Kier molecular flexibility index (Phi) is 2.39. The average Bonchev–Trinajstić information content (AvgIpc) is 2.17. The average molecular weight is 192 g/mol. The molecular formula is C11H12O3. The zero-order valence-electron chi connectivity index (χ0n) is 7.82. The van der Waals surface area contributed by atoms with Crippen LogP contribution in [0, 0.1) is 0 Å². The maximum Gasteiger partial charge on any atom is 0.307 e. The normalized spacial score (nSPS) is 14.3. The van der Waals surface area contributed by atoms with Gasteiger partial charge in [0.05, 0.1) is 13.0 Å². The summed E-state index contributed by atoms with van der Waals surface area (Å²) in [5.74, 6) is 0.118. The summed E-state index contributed by atoms with van der Waals surface area (Å²) >= 11 is 0. The van der Waals surface area contributed by atoms with Crippen LogP contribution in [0.15, 0.2) is 18.2 Å². The molecule has 3 heteroatoms. The number of aryl methyl sites for hydroxylation is 1. The molecule has 0 saturated carbocycles. The van der Waals surface area contributed by atoms with Crippen LogP contribution in [0.2, 0.25) is 0 Å². The highest BCUT2D eigenvalue weighted by Crippen LogP contribution is 2.25. The lowest BCUT2D eigenvalue weighted by Gasteiger charge is -2.17. The molecular weight excluding hydrogens is 180 g/mol. The van der Waals surface area contributed by atoms with Crippen molar-refractivity contribution < 1.29 is 14.6 Å². The summed E-state index contributed by atoms with van der Waals surface area (Å²) in [5, 5.41) is 8.64. The number of hydrogen-bond acceptors (Lipinski definition) is 2. The molecule has 0 aromatic heterocycles. The van der Waals surface area contributed by atoms with Crippen molar-refractivity contribution in [1.82, 2.24) is 0 Å². The monoisotopic (exact) mass is 192 g/mol. The number of fused-ring (bicyclic) bond motifs is 1. The quantitative estimate of drug-likeness (QED) is 0.774. The minimum Gasteiger partial charge on any atom is -0.493 e. The van der Waals surface area contributed by atoms with E-state index in [1.807, 2.05) is 18.2 Å². The number of carboxylic acids is 1. The number of carboxylic acid groups (broad SMARTS) is 1. The summed E-state index contributed by atoms with van der Waals surface area (Å²) < 4.78 is 5.44. The summed E-state index contributed by atoms with van der Waals surface area (Å²) in [6.45, 7) is 0.769. The summed E-state index contributed by atoms with van der Waals surface area (Å²) in [6, 6.07) is 5.62. The van der Waals surface area contributed by atoms with Crippen molar-refractivity contribution in [1.29, 1.82) is 0 Å². The van der Waals surface area contributed by atoms with Gasteiger partial charge >= 0.3 is 5.97 Å². The van der Waals surface area contributed by atoms with Crippen molar-refractivity contribution in [3.8, 4) is 5.75 Å². The zero-order valence-corrected chi connectivity index (χ0v) is 7.82. The lowest BCUT2D eigenvalue weighted by atomic mass is 10.0. The van der Waals surface area contributed by atoms with Crippen LogP contribution in [0.25, 0.3) is 0 Å². The molecule has 0 spiro atoms. The van der Waals surface area contributed by atoms with Crippen molar-refractivity contribution in [2.75, 3.05) is 6.61 Å². The molecule has 0 fully saturated rings. The fraction of sp³-hybridized carbons (Fsp3) is 0.364. The van der Waals surface area contributed by atoms with Crippen LogP contribution in [0.3, 0.4) is 0 Å². The second kappa shape index (κ2) is 3.70. The molecule has 1 N–H and O–H groups in total. The van der Waals surface area contributed by atoms with Gasteiger partial charge in [-0.1, -0.05) is 12.1 Å². The maximum absolute atomic E-state index is 10.5. The molecule has 1 heterocycles. The van der Waals surface area contributed by atoms with E-state index in [4.69, 9.17) is 9.84 Å². The van der Waals surface area contributed by atoms with E-state index in [0.29, 0.717) is 0 Å². The van der Waals surface area contributed by atoms with Crippen LogP contribution in [0.1, 0.15) is 17.5 Å². The van der Waals surface area contributed by atoms with Gasteiger partial charge in [0.15, 0.2) is 0 Å². The standard InChI is InChI=1S/C11H12O3/c12-11(13)7-8-3-4-10-9(6-8)2-1-5-14-10/h3-4,6H,1-2,5,7H2,(H,12,13). The minimum atomic E-state index is -0.790. The molecule has 2 rings (SSSR count). The fourth-order valence-electron chi connectivity index (χ4n) is 1.70. The molecule has 0 saturated heterocycles. The topological polar surface area (TPSA) is 46.5 Å². The number of hydrogen-bond donors (Lipinski definition) is 1. The molecule has 0 amide bonds. The lowest BCUT2D eigenvalue weighted by molar-refractivity contribution is -0.136. The fourth-order valence-corrected chi connectivity index (χ4v) is 1.70. The first-order chi connectivity index (χ1) is 6.75. The van der Waals surface area contributed by atoms with Gasteiger partial charge in [-0.25, -0.2) is 0 Å². The third-order valence-corrected chi connectivity index (χ3v) is 2.33. The van der Waals surface area contributed by atoms with Gasteiger partial charge in [-0.15, -0.1) is 0 Å². The molecule has 1 aliphatic heterocycles. The van der Waals surface area contributed by atoms with Gasteiger partial charge in [-0.05, 0) is 30.0 Å². The molecule has 0 radical (unpaired) electrons. The predicted molar refractivity (Wildman–Crippen MR) is 51.6 cm³/mol. The van der Waals surface area contributed by atoms with Gasteiger partial charge < -0.3 is 9.84 Å². The summed E-state index contributed by atoms with van der Waals surface area (Å²) in [7, 11) is 0. The van der Waals surface area contributed by atoms with Crippen LogP contribution in [0.4, 0.5) is 0 Å². The van der Waals surface area contributed by atoms with E-state index in [9.17, 15) is 4.79 Å². The largest absolute Gasteiger partial charge is 0.493 e. The molecule has 74 valence electrons. The van der Waals surface area contributed by atoms with Crippen LogP contribution in [-0.4, -0.2) is 17.7 Å². The molecule has 0 atom stereocenters. The van der Waals surface area contributed by atoms with E-state index in [1.54, 1.807) is 0 Å². The first-order valence-electron chi connectivity index (χ1n) is 4.72. The Bertz CT molecular complexity index is 358. The minimum absolute atomic E-state index is 0.0906. The van der Waals surface area contributed by atoms with Gasteiger partial charge in [-0.2, -0.15) is 0 Å². The van der Waals surface area contributed by atoms with Crippen molar-refractivity contribution in [2.24, 2.45) is 0 Å². The van der Waals surface area contributed by atoms with E-state index in [1.165, 1.54) is 0 Å². The van der Waals surface area contributed by atoms with Crippen molar-refractivity contribution in [3.63, 3.8) is 0 Å². The van der Waals surface area contributed by atoms with Crippen LogP contribution >= 0.6 is 0 Å². The number of carbonyl (C=O) groups is 1. The van der Waals surface area contributed by atoms with Gasteiger partial charge in [0, 0.05) is 0 Å². The molecule has 1 aromatic carbocycles. The van der Waals surface area contributed by atoms with Crippen LogP contribution in [-0.2, 0) is 17.6 Å². The van der Waals surface area contributed by atoms with E-state index in [2.05, 4.69) is 0 Å². The van der Waals surface area contributed by atoms with E-state index in [0.717, 1.165) is 36.3 Å². The van der Waals surface area contributed by atoms with Crippen molar-refractivity contribution >= 4 is 5.97 Å². The Morgan fingerprint density at radius 1 is 1.50 bits per heavy atom. The summed E-state index contributed by atoms with van der Waals surface area (Å²) in [6.07, 6.45) is 2.10. The number of ether oxygens (including phenoxy) is 1. The molecule has 3 nitrogen and oxygen atoms in total. The Hall–Kier alpha value is -1.51. The van der Waals surface area contributed by atoms with E-state index >= 15 is 0 Å². The lowest BCUT2D eigenvalue weighted by Crippen LogP contribution is -2.09. The molecule has 0 aliphatic carbocycles. The van der Waals surface area contributed by atoms with E-state index in [-0.39, 0.29) is 6.42 Å². The zero-order chi connectivity index (χ0) is 9.97. The molecule has 1 aromatic rings. The summed E-state index contributed by atoms with van der Waals surface area (Å²) in [4.78, 5) is 10.5. The maximum atomic E-state index is 10.5. The molecule has 0 bridgehead atoms. The highest BCUT2D eigenvalue weighted by atomic mass is 16.5. The second-order valence-corrected chi connectivity index (χ2v) is 3.46. The summed E-state index contributed by atoms with van der Waals surface area (Å²) in [5.41, 5.74) is 1.98. The second-order valence-electron chi connectivity index (χ2n) is 3.46. The Morgan fingerprint density at radius 2 is 2.36 bits per heavy atom. The third kappa shape index (κ3) is 1.87. The first-order valence-corrected chi connectivity index (χ1v) is 4.72. The van der Waals surface area contributed by atoms with Gasteiger partial charge in [0.1, 0.15) is 5.75 Å².